The van der Waals surface area contributed by atoms with Gasteiger partial charge in [0.1, 0.15) is 0 Å². The zero-order valence-corrected chi connectivity index (χ0v) is 10.8. The van der Waals surface area contributed by atoms with Crippen LogP contribution in [0.4, 0.5) is 0 Å². The monoisotopic (exact) mass is 224 g/mol. The molecule has 1 atom stereocenters. The van der Waals surface area contributed by atoms with E-state index < -0.39 is 0 Å². The predicted molar refractivity (Wildman–Crippen MR) is 67.3 cm³/mol. The van der Waals surface area contributed by atoms with Crippen LogP contribution < -0.4 is 5.73 Å². The summed E-state index contributed by atoms with van der Waals surface area (Å²) >= 11 is 0. The molecule has 0 aliphatic carbocycles. The van der Waals surface area contributed by atoms with Crippen molar-refractivity contribution in [3.63, 3.8) is 0 Å². The van der Waals surface area contributed by atoms with Gasteiger partial charge in [-0.1, -0.05) is 6.92 Å². The zero-order chi connectivity index (χ0) is 12.1. The minimum Gasteiger partial charge on any atom is -0.329 e. The van der Waals surface area contributed by atoms with E-state index in [4.69, 9.17) is 5.73 Å². The Morgan fingerprint density at radius 1 is 1.50 bits per heavy atom. The Hall–Kier alpha value is -0.870. The molecule has 1 aromatic rings. The first-order valence-corrected chi connectivity index (χ1v) is 6.04. The average Bonchev–Trinajstić information content (AvgIpc) is 2.68. The summed E-state index contributed by atoms with van der Waals surface area (Å²) in [7, 11) is 2.12. The van der Waals surface area contributed by atoms with Gasteiger partial charge in [0.05, 0.1) is 6.20 Å². The highest BCUT2D eigenvalue weighted by molar-refractivity contribution is 5.11. The lowest BCUT2D eigenvalue weighted by Gasteiger charge is -2.25. The second-order valence-corrected chi connectivity index (χ2v) is 4.58. The molecule has 1 aromatic heterocycles. The first-order chi connectivity index (χ1) is 7.60. The topological polar surface area (TPSA) is 47.1 Å². The molecular formula is C12H24N4. The van der Waals surface area contributed by atoms with E-state index in [1.807, 2.05) is 10.9 Å². The van der Waals surface area contributed by atoms with Crippen LogP contribution in [0, 0.1) is 0 Å². The van der Waals surface area contributed by atoms with E-state index in [0.717, 1.165) is 13.0 Å². The van der Waals surface area contributed by atoms with Gasteiger partial charge in [-0.25, -0.2) is 0 Å². The highest BCUT2D eigenvalue weighted by Gasteiger charge is 2.16. The Kier molecular flexibility index (Phi) is 4.96. The molecule has 0 bridgehead atoms. The van der Waals surface area contributed by atoms with Gasteiger partial charge in [-0.2, -0.15) is 5.10 Å². The third kappa shape index (κ3) is 3.06. The van der Waals surface area contributed by atoms with Gasteiger partial charge in [0.15, 0.2) is 0 Å². The van der Waals surface area contributed by atoms with Gasteiger partial charge in [0.2, 0.25) is 0 Å². The highest BCUT2D eigenvalue weighted by Crippen LogP contribution is 2.18. The first-order valence-electron chi connectivity index (χ1n) is 6.04. The summed E-state index contributed by atoms with van der Waals surface area (Å²) < 4.78 is 1.98. The molecule has 0 aliphatic rings. The van der Waals surface area contributed by atoms with Gasteiger partial charge in [0.25, 0.3) is 0 Å². The van der Waals surface area contributed by atoms with Crippen molar-refractivity contribution in [3.05, 3.63) is 18.0 Å². The molecule has 16 heavy (non-hydrogen) atoms. The Balaban J connectivity index is 2.78. The Morgan fingerprint density at radius 3 is 2.62 bits per heavy atom. The van der Waals surface area contributed by atoms with Crippen LogP contribution in [0.25, 0.3) is 0 Å². The lowest BCUT2D eigenvalue weighted by atomic mass is 10.1. The van der Waals surface area contributed by atoms with Crippen LogP contribution in [-0.2, 0) is 0 Å². The molecule has 4 heteroatoms. The molecule has 0 radical (unpaired) electrons. The van der Waals surface area contributed by atoms with Crippen molar-refractivity contribution in [2.45, 2.75) is 39.3 Å². The molecule has 0 saturated heterocycles. The van der Waals surface area contributed by atoms with E-state index in [-0.39, 0.29) is 6.04 Å². The summed E-state index contributed by atoms with van der Waals surface area (Å²) in [5, 5.41) is 4.36. The number of rotatable bonds is 6. The van der Waals surface area contributed by atoms with Gasteiger partial charge in [-0.3, -0.25) is 9.58 Å². The fourth-order valence-corrected chi connectivity index (χ4v) is 1.89. The molecule has 0 fully saturated rings. The summed E-state index contributed by atoms with van der Waals surface area (Å²) in [6.45, 7) is 8.14. The molecule has 0 aromatic carbocycles. The Labute approximate surface area is 98.4 Å². The standard InChI is InChI=1S/C12H24N4/c1-5-6-15(4)12(7-13)11-8-14-16(9-11)10(2)3/h8-10,12H,5-7,13H2,1-4H3. The third-order valence-corrected chi connectivity index (χ3v) is 2.87. The summed E-state index contributed by atoms with van der Waals surface area (Å²) in [6.07, 6.45) is 5.18. The summed E-state index contributed by atoms with van der Waals surface area (Å²) in [4.78, 5) is 2.29. The van der Waals surface area contributed by atoms with Crippen molar-refractivity contribution < 1.29 is 0 Å². The maximum atomic E-state index is 5.84. The smallest absolute Gasteiger partial charge is 0.0538 e. The maximum Gasteiger partial charge on any atom is 0.0538 e. The van der Waals surface area contributed by atoms with Crippen molar-refractivity contribution in [3.8, 4) is 0 Å². The van der Waals surface area contributed by atoms with Gasteiger partial charge < -0.3 is 5.73 Å². The van der Waals surface area contributed by atoms with Gasteiger partial charge >= 0.3 is 0 Å². The molecule has 1 rings (SSSR count). The maximum absolute atomic E-state index is 5.84. The van der Waals surface area contributed by atoms with Crippen LogP contribution >= 0.6 is 0 Å². The fourth-order valence-electron chi connectivity index (χ4n) is 1.89. The molecule has 0 spiro atoms. The minimum atomic E-state index is 0.285. The van der Waals surface area contributed by atoms with E-state index in [9.17, 15) is 0 Å². The van der Waals surface area contributed by atoms with Crippen molar-refractivity contribution in [1.82, 2.24) is 14.7 Å². The molecule has 1 unspecified atom stereocenters. The summed E-state index contributed by atoms with van der Waals surface area (Å²) in [5.74, 6) is 0. The average molecular weight is 224 g/mol. The van der Waals surface area contributed by atoms with E-state index in [1.54, 1.807) is 0 Å². The molecule has 4 nitrogen and oxygen atoms in total. The Bertz CT molecular complexity index is 306. The van der Waals surface area contributed by atoms with Crippen LogP contribution in [0.3, 0.4) is 0 Å². The van der Waals surface area contributed by atoms with Gasteiger partial charge in [-0.15, -0.1) is 0 Å². The SMILES string of the molecule is CCCN(C)C(CN)c1cnn(C(C)C)c1. The first kappa shape index (κ1) is 13.2. The summed E-state index contributed by atoms with van der Waals surface area (Å²) in [6, 6.07) is 0.691. The lowest BCUT2D eigenvalue weighted by Crippen LogP contribution is -2.30. The normalized spacial score (nSPS) is 13.7. The number of nitrogens with two attached hydrogens (primary N) is 1. The predicted octanol–water partition coefficient (Wildman–Crippen LogP) is 1.81. The number of aromatic nitrogens is 2. The molecule has 0 saturated carbocycles. The van der Waals surface area contributed by atoms with Crippen LogP contribution in [-0.4, -0.2) is 34.8 Å². The fraction of sp³-hybridized carbons (Fsp3) is 0.750. The largest absolute Gasteiger partial charge is 0.329 e. The van der Waals surface area contributed by atoms with Crippen molar-refractivity contribution in [2.24, 2.45) is 5.73 Å². The van der Waals surface area contributed by atoms with E-state index in [2.05, 4.69) is 44.0 Å². The van der Waals surface area contributed by atoms with Crippen LogP contribution in [0.5, 0.6) is 0 Å². The van der Waals surface area contributed by atoms with Crippen molar-refractivity contribution in [2.75, 3.05) is 20.1 Å². The van der Waals surface area contributed by atoms with Crippen molar-refractivity contribution in [1.29, 1.82) is 0 Å². The van der Waals surface area contributed by atoms with Crippen LogP contribution in [0.2, 0.25) is 0 Å². The summed E-state index contributed by atoms with van der Waals surface area (Å²) in [5.41, 5.74) is 7.06. The number of hydrogen-bond donors (Lipinski definition) is 1. The second kappa shape index (κ2) is 6.01. The quantitative estimate of drug-likeness (QED) is 0.801. The molecule has 1 heterocycles. The number of likely N-dealkylation sites (N-methyl/N-ethyl adjacent to an activating group) is 1. The second-order valence-electron chi connectivity index (χ2n) is 4.58. The lowest BCUT2D eigenvalue weighted by molar-refractivity contribution is 0.250. The van der Waals surface area contributed by atoms with Crippen LogP contribution in [0.15, 0.2) is 12.4 Å². The molecule has 92 valence electrons. The number of nitrogens with zero attached hydrogens (tertiary/aromatic N) is 3. The Morgan fingerprint density at radius 2 is 2.19 bits per heavy atom. The molecular weight excluding hydrogens is 200 g/mol. The third-order valence-electron chi connectivity index (χ3n) is 2.87. The van der Waals surface area contributed by atoms with E-state index in [0.29, 0.717) is 12.6 Å². The van der Waals surface area contributed by atoms with Crippen molar-refractivity contribution >= 4 is 0 Å². The van der Waals surface area contributed by atoms with E-state index >= 15 is 0 Å². The zero-order valence-electron chi connectivity index (χ0n) is 10.8. The highest BCUT2D eigenvalue weighted by atomic mass is 15.3. The van der Waals surface area contributed by atoms with Gasteiger partial charge in [0, 0.05) is 30.4 Å². The minimum absolute atomic E-state index is 0.285. The van der Waals surface area contributed by atoms with E-state index in [1.165, 1.54) is 5.56 Å². The van der Waals surface area contributed by atoms with Gasteiger partial charge in [-0.05, 0) is 33.9 Å². The molecule has 0 amide bonds. The molecule has 2 N–H and O–H groups in total. The molecule has 0 aliphatic heterocycles. The van der Waals surface area contributed by atoms with Crippen LogP contribution in [0.1, 0.15) is 44.8 Å². The number of hydrogen-bond acceptors (Lipinski definition) is 3.